The summed E-state index contributed by atoms with van der Waals surface area (Å²) in [4.78, 5) is 17.7. The van der Waals surface area contributed by atoms with E-state index in [0.29, 0.717) is 39.1 Å². The van der Waals surface area contributed by atoms with Crippen molar-refractivity contribution in [3.8, 4) is 0 Å². The lowest BCUT2D eigenvalue weighted by atomic mass is 10.4. The fourth-order valence-electron chi connectivity index (χ4n) is 1.91. The summed E-state index contributed by atoms with van der Waals surface area (Å²) in [7, 11) is -3.54. The first kappa shape index (κ1) is 19.3. The molecule has 1 amide bonds. The van der Waals surface area contributed by atoms with Gasteiger partial charge >= 0.3 is 6.03 Å². The average molecular weight is 344 g/mol. The van der Waals surface area contributed by atoms with Crippen LogP contribution in [0.4, 0.5) is 4.79 Å². The van der Waals surface area contributed by atoms with Crippen LogP contribution < -0.4 is 0 Å². The number of aromatic nitrogens is 3. The van der Waals surface area contributed by atoms with Gasteiger partial charge in [0.05, 0.1) is 5.75 Å². The number of sulfone groups is 1. The molecule has 9 heteroatoms. The maximum Gasteiger partial charge on any atom is 0.346 e. The Labute approximate surface area is 137 Å². The zero-order chi connectivity index (χ0) is 17.3. The van der Waals surface area contributed by atoms with E-state index in [0.717, 1.165) is 11.0 Å². The summed E-state index contributed by atoms with van der Waals surface area (Å²) in [6.07, 6.45) is 3.86. The molecule has 0 aromatic carbocycles. The van der Waals surface area contributed by atoms with Gasteiger partial charge in [0.25, 0.3) is 5.16 Å². The molecule has 0 N–H and O–H groups in total. The van der Waals surface area contributed by atoms with Crippen LogP contribution in [0.3, 0.4) is 0 Å². The van der Waals surface area contributed by atoms with Gasteiger partial charge in [0.15, 0.2) is 0 Å². The summed E-state index contributed by atoms with van der Waals surface area (Å²) in [6, 6.07) is -0.438. The lowest BCUT2D eigenvalue weighted by Gasteiger charge is -2.20. The Hall–Kier alpha value is -1.74. The standard InChI is InChI=1S/C14H24N4O4S/c1-4-8-17(9-7-10-22-6-3)14(19)18-12-15-13(16-18)23(20,21)11-5-2/h4,12H,1,5-11H2,2-3H3. The van der Waals surface area contributed by atoms with E-state index in [4.69, 9.17) is 4.74 Å². The molecule has 0 atom stereocenters. The number of ether oxygens (including phenoxy) is 1. The molecular formula is C14H24N4O4S. The van der Waals surface area contributed by atoms with Gasteiger partial charge in [-0.1, -0.05) is 13.0 Å². The second-order valence-electron chi connectivity index (χ2n) is 4.86. The molecule has 0 fully saturated rings. The summed E-state index contributed by atoms with van der Waals surface area (Å²) in [6.45, 7) is 9.24. The zero-order valence-electron chi connectivity index (χ0n) is 13.6. The minimum Gasteiger partial charge on any atom is -0.382 e. The van der Waals surface area contributed by atoms with E-state index in [-0.39, 0.29) is 10.9 Å². The van der Waals surface area contributed by atoms with Gasteiger partial charge in [-0.25, -0.2) is 18.2 Å². The molecule has 1 rings (SSSR count). The van der Waals surface area contributed by atoms with E-state index < -0.39 is 15.9 Å². The van der Waals surface area contributed by atoms with E-state index in [9.17, 15) is 13.2 Å². The van der Waals surface area contributed by atoms with Gasteiger partial charge < -0.3 is 9.64 Å². The minimum absolute atomic E-state index is 0.0457. The lowest BCUT2D eigenvalue weighted by molar-refractivity contribution is 0.135. The van der Waals surface area contributed by atoms with Crippen molar-refractivity contribution < 1.29 is 17.9 Å². The summed E-state index contributed by atoms with van der Waals surface area (Å²) in [5.74, 6) is -0.0457. The number of carbonyl (C=O) groups is 1. The predicted octanol–water partition coefficient (Wildman–Crippen LogP) is 1.34. The van der Waals surface area contributed by atoms with Crippen molar-refractivity contribution in [1.82, 2.24) is 19.7 Å². The second kappa shape index (κ2) is 9.41. The van der Waals surface area contributed by atoms with E-state index in [1.807, 2.05) is 6.92 Å². The molecule has 0 aliphatic carbocycles. The fraction of sp³-hybridized carbons (Fsp3) is 0.643. The third-order valence-electron chi connectivity index (χ3n) is 2.96. The third-order valence-corrected chi connectivity index (χ3v) is 4.65. The topological polar surface area (TPSA) is 94.4 Å². The largest absolute Gasteiger partial charge is 0.382 e. The SMILES string of the molecule is C=CCN(CCCOCC)C(=O)n1cnc(S(=O)(=O)CCC)n1. The number of hydrogen-bond acceptors (Lipinski definition) is 6. The van der Waals surface area contributed by atoms with Crippen LogP contribution in [0.25, 0.3) is 0 Å². The van der Waals surface area contributed by atoms with Crippen molar-refractivity contribution in [3.05, 3.63) is 19.0 Å². The molecule has 8 nitrogen and oxygen atoms in total. The first-order valence-corrected chi connectivity index (χ1v) is 9.23. The smallest absolute Gasteiger partial charge is 0.346 e. The number of carbonyl (C=O) groups excluding carboxylic acids is 1. The molecule has 1 heterocycles. The number of rotatable bonds is 10. The van der Waals surface area contributed by atoms with Gasteiger partial charge in [-0.05, 0) is 19.8 Å². The first-order chi connectivity index (χ1) is 11.0. The van der Waals surface area contributed by atoms with E-state index in [1.54, 1.807) is 13.0 Å². The van der Waals surface area contributed by atoms with Crippen LogP contribution in [-0.4, -0.2) is 66.2 Å². The third kappa shape index (κ3) is 5.76. The summed E-state index contributed by atoms with van der Waals surface area (Å²) < 4.78 is 30.0. The van der Waals surface area contributed by atoms with Gasteiger partial charge in [0.1, 0.15) is 6.33 Å². The molecular weight excluding hydrogens is 320 g/mol. The van der Waals surface area contributed by atoms with Crippen LogP contribution in [0.15, 0.2) is 24.1 Å². The van der Waals surface area contributed by atoms with Gasteiger partial charge in [-0.3, -0.25) is 0 Å². The maximum atomic E-state index is 12.4. The minimum atomic E-state index is -3.54. The Morgan fingerprint density at radius 1 is 1.48 bits per heavy atom. The summed E-state index contributed by atoms with van der Waals surface area (Å²) in [5, 5.41) is 3.49. The molecule has 0 aliphatic heterocycles. The molecule has 0 saturated heterocycles. The first-order valence-electron chi connectivity index (χ1n) is 7.58. The molecule has 0 unspecified atom stereocenters. The Bertz CT molecular complexity index is 612. The number of nitrogens with zero attached hydrogens (tertiary/aromatic N) is 4. The fourth-order valence-corrected chi connectivity index (χ4v) is 3.05. The lowest BCUT2D eigenvalue weighted by Crippen LogP contribution is -2.36. The van der Waals surface area contributed by atoms with Crippen molar-refractivity contribution in [3.63, 3.8) is 0 Å². The monoisotopic (exact) mass is 344 g/mol. The highest BCUT2D eigenvalue weighted by atomic mass is 32.2. The number of hydrogen-bond donors (Lipinski definition) is 0. The summed E-state index contributed by atoms with van der Waals surface area (Å²) >= 11 is 0. The van der Waals surface area contributed by atoms with E-state index in [2.05, 4.69) is 16.7 Å². The summed E-state index contributed by atoms with van der Waals surface area (Å²) in [5.41, 5.74) is 0. The molecule has 0 saturated carbocycles. The zero-order valence-corrected chi connectivity index (χ0v) is 14.5. The Morgan fingerprint density at radius 3 is 2.83 bits per heavy atom. The molecule has 0 bridgehead atoms. The average Bonchev–Trinajstić information content (AvgIpc) is 3.00. The van der Waals surface area contributed by atoms with Gasteiger partial charge in [-0.15, -0.1) is 11.7 Å². The van der Waals surface area contributed by atoms with Crippen LogP contribution >= 0.6 is 0 Å². The molecule has 23 heavy (non-hydrogen) atoms. The van der Waals surface area contributed by atoms with E-state index >= 15 is 0 Å². The molecule has 0 aliphatic rings. The van der Waals surface area contributed by atoms with Crippen LogP contribution in [0.2, 0.25) is 0 Å². The van der Waals surface area contributed by atoms with E-state index in [1.165, 1.54) is 4.90 Å². The Kier molecular flexibility index (Phi) is 7.90. The van der Waals surface area contributed by atoms with Crippen LogP contribution in [0.5, 0.6) is 0 Å². The highest BCUT2D eigenvalue weighted by Gasteiger charge is 2.22. The van der Waals surface area contributed by atoms with Crippen LogP contribution in [0, 0.1) is 0 Å². The van der Waals surface area contributed by atoms with Crippen molar-refractivity contribution in [1.29, 1.82) is 0 Å². The normalized spacial score (nSPS) is 11.4. The van der Waals surface area contributed by atoms with Crippen molar-refractivity contribution in [2.24, 2.45) is 0 Å². The van der Waals surface area contributed by atoms with Crippen LogP contribution in [0.1, 0.15) is 26.7 Å². The quantitative estimate of drug-likeness (QED) is 0.470. The predicted molar refractivity (Wildman–Crippen MR) is 86.0 cm³/mol. The number of amides is 1. The van der Waals surface area contributed by atoms with Gasteiger partial charge in [0.2, 0.25) is 9.84 Å². The second-order valence-corrected chi connectivity index (χ2v) is 6.86. The molecule has 1 aromatic rings. The maximum absolute atomic E-state index is 12.4. The molecule has 130 valence electrons. The highest BCUT2D eigenvalue weighted by molar-refractivity contribution is 7.91. The van der Waals surface area contributed by atoms with Crippen molar-refractivity contribution in [2.45, 2.75) is 31.8 Å². The Balaban J connectivity index is 2.80. The molecule has 1 aromatic heterocycles. The van der Waals surface area contributed by atoms with Gasteiger partial charge in [-0.2, -0.15) is 4.68 Å². The highest BCUT2D eigenvalue weighted by Crippen LogP contribution is 2.06. The molecule has 0 spiro atoms. The van der Waals surface area contributed by atoms with Crippen molar-refractivity contribution in [2.75, 3.05) is 32.1 Å². The van der Waals surface area contributed by atoms with Gasteiger partial charge in [0, 0.05) is 26.3 Å². The van der Waals surface area contributed by atoms with Crippen molar-refractivity contribution >= 4 is 15.9 Å². The van der Waals surface area contributed by atoms with Crippen LogP contribution in [-0.2, 0) is 14.6 Å². The Morgan fingerprint density at radius 2 is 2.22 bits per heavy atom. The molecule has 0 radical (unpaired) electrons.